The van der Waals surface area contributed by atoms with Crippen molar-refractivity contribution < 1.29 is 19.4 Å². The van der Waals surface area contributed by atoms with Gasteiger partial charge in [-0.15, -0.1) is 0 Å². The minimum Gasteiger partial charge on any atom is -0.444 e. The van der Waals surface area contributed by atoms with Gasteiger partial charge in [-0.3, -0.25) is 9.88 Å². The van der Waals surface area contributed by atoms with E-state index in [0.29, 0.717) is 12.3 Å². The van der Waals surface area contributed by atoms with Crippen molar-refractivity contribution in [1.82, 2.24) is 9.88 Å². The summed E-state index contributed by atoms with van der Waals surface area (Å²) in [4.78, 5) is 19.0. The van der Waals surface area contributed by atoms with Crippen LogP contribution in [0.1, 0.15) is 91.2 Å². The molecule has 0 aromatic carbocycles. The molecule has 2 fully saturated rings. The molecule has 3 atom stereocenters. The van der Waals surface area contributed by atoms with Crippen molar-refractivity contribution in [1.29, 1.82) is 0 Å². The SMILES string of the molecule is CC(C)(C)OC(=O)N1[C@@H](CC2CCCCC2)[C@H](CC(O)c2ccncc2)OC1(C)C. The second kappa shape index (κ2) is 9.23. The van der Waals surface area contributed by atoms with Gasteiger partial charge < -0.3 is 14.6 Å². The normalized spacial score (nSPS) is 25.9. The number of carbonyl (C=O) groups excluding carboxylic acids is 1. The van der Waals surface area contributed by atoms with Crippen molar-refractivity contribution in [2.24, 2.45) is 5.92 Å². The van der Waals surface area contributed by atoms with Crippen LogP contribution in [-0.2, 0) is 9.47 Å². The Hall–Kier alpha value is -1.66. The maximum atomic E-state index is 13.2. The summed E-state index contributed by atoms with van der Waals surface area (Å²) in [6.45, 7) is 9.49. The van der Waals surface area contributed by atoms with Crippen LogP contribution in [0.5, 0.6) is 0 Å². The van der Waals surface area contributed by atoms with Crippen molar-refractivity contribution >= 4 is 6.09 Å². The molecule has 1 N–H and O–H groups in total. The van der Waals surface area contributed by atoms with Gasteiger partial charge in [0.25, 0.3) is 0 Å². The Morgan fingerprint density at radius 1 is 1.27 bits per heavy atom. The number of hydrogen-bond donors (Lipinski definition) is 1. The van der Waals surface area contributed by atoms with Crippen LogP contribution in [0.15, 0.2) is 24.5 Å². The number of aliphatic hydroxyl groups excluding tert-OH is 1. The Bertz CT molecular complexity index is 695. The molecular weight excluding hydrogens is 380 g/mol. The number of carbonyl (C=O) groups is 1. The topological polar surface area (TPSA) is 71.9 Å². The average molecular weight is 419 g/mol. The first kappa shape index (κ1) is 23.0. The quantitative estimate of drug-likeness (QED) is 0.710. The summed E-state index contributed by atoms with van der Waals surface area (Å²) in [5, 5.41) is 10.8. The van der Waals surface area contributed by atoms with Gasteiger partial charge in [-0.1, -0.05) is 32.1 Å². The van der Waals surface area contributed by atoms with E-state index < -0.39 is 17.4 Å². The maximum absolute atomic E-state index is 13.2. The number of aliphatic hydroxyl groups is 1. The number of hydrogen-bond acceptors (Lipinski definition) is 5. The lowest BCUT2D eigenvalue weighted by atomic mass is 9.82. The van der Waals surface area contributed by atoms with E-state index in [4.69, 9.17) is 9.47 Å². The zero-order valence-corrected chi connectivity index (χ0v) is 19.1. The van der Waals surface area contributed by atoms with E-state index >= 15 is 0 Å². The van der Waals surface area contributed by atoms with Gasteiger partial charge in [0.2, 0.25) is 0 Å². The highest BCUT2D eigenvalue weighted by molar-refractivity contribution is 5.70. The first-order chi connectivity index (χ1) is 14.1. The van der Waals surface area contributed by atoms with Crippen LogP contribution >= 0.6 is 0 Å². The van der Waals surface area contributed by atoms with Gasteiger partial charge in [-0.25, -0.2) is 4.79 Å². The summed E-state index contributed by atoms with van der Waals surface area (Å²) in [6.07, 6.45) is 9.61. The van der Waals surface area contributed by atoms with Gasteiger partial charge in [0.05, 0.1) is 18.2 Å². The predicted octanol–water partition coefficient (Wildman–Crippen LogP) is 5.22. The Labute approximate surface area is 181 Å². The van der Waals surface area contributed by atoms with E-state index in [2.05, 4.69) is 4.98 Å². The number of nitrogens with zero attached hydrogens (tertiary/aromatic N) is 2. The van der Waals surface area contributed by atoms with Crippen molar-refractivity contribution in [2.45, 2.75) is 109 Å². The van der Waals surface area contributed by atoms with Gasteiger partial charge in [-0.2, -0.15) is 0 Å². The summed E-state index contributed by atoms with van der Waals surface area (Å²) in [5.74, 6) is 0.576. The van der Waals surface area contributed by atoms with E-state index in [-0.39, 0.29) is 18.2 Å². The Morgan fingerprint density at radius 3 is 2.50 bits per heavy atom. The molecule has 1 amide bonds. The molecule has 0 spiro atoms. The maximum Gasteiger partial charge on any atom is 0.412 e. The zero-order valence-electron chi connectivity index (χ0n) is 19.1. The van der Waals surface area contributed by atoms with Crippen LogP contribution in [-0.4, -0.2) is 44.6 Å². The fourth-order valence-electron chi connectivity index (χ4n) is 4.91. The van der Waals surface area contributed by atoms with Crippen LogP contribution in [0.4, 0.5) is 4.79 Å². The molecule has 2 aliphatic rings. The molecule has 1 unspecified atom stereocenters. The molecule has 1 aromatic heterocycles. The number of ether oxygens (including phenoxy) is 2. The average Bonchev–Trinajstić information content (AvgIpc) is 2.91. The number of rotatable bonds is 5. The molecule has 1 aromatic rings. The molecule has 6 heteroatoms. The van der Waals surface area contributed by atoms with E-state index in [0.717, 1.165) is 12.0 Å². The largest absolute Gasteiger partial charge is 0.444 e. The Balaban J connectivity index is 1.83. The molecule has 1 aliphatic heterocycles. The zero-order chi connectivity index (χ0) is 21.9. The molecule has 30 heavy (non-hydrogen) atoms. The van der Waals surface area contributed by atoms with Crippen LogP contribution in [0.2, 0.25) is 0 Å². The first-order valence-corrected chi connectivity index (χ1v) is 11.3. The van der Waals surface area contributed by atoms with Gasteiger partial charge in [-0.05, 0) is 64.7 Å². The molecule has 2 heterocycles. The highest BCUT2D eigenvalue weighted by Gasteiger charge is 2.51. The monoisotopic (exact) mass is 418 g/mol. The molecule has 0 radical (unpaired) electrons. The second-order valence-electron chi connectivity index (χ2n) is 10.3. The fraction of sp³-hybridized carbons (Fsp3) is 0.750. The summed E-state index contributed by atoms with van der Waals surface area (Å²) in [6, 6.07) is 3.54. The summed E-state index contributed by atoms with van der Waals surface area (Å²) in [7, 11) is 0. The van der Waals surface area contributed by atoms with Crippen molar-refractivity contribution in [3.05, 3.63) is 30.1 Å². The lowest BCUT2D eigenvalue weighted by molar-refractivity contribution is -0.0851. The third kappa shape index (κ3) is 5.73. The molecule has 1 saturated heterocycles. The van der Waals surface area contributed by atoms with Crippen LogP contribution in [0.25, 0.3) is 0 Å². The highest BCUT2D eigenvalue weighted by Crippen LogP contribution is 2.41. The molecule has 3 rings (SSSR count). The van der Waals surface area contributed by atoms with Gasteiger partial charge >= 0.3 is 6.09 Å². The number of amides is 1. The van der Waals surface area contributed by atoms with E-state index in [1.54, 1.807) is 17.3 Å². The van der Waals surface area contributed by atoms with Crippen LogP contribution in [0.3, 0.4) is 0 Å². The van der Waals surface area contributed by atoms with Crippen molar-refractivity contribution in [3.8, 4) is 0 Å². The van der Waals surface area contributed by atoms with E-state index in [9.17, 15) is 9.90 Å². The molecular formula is C24H38N2O4. The van der Waals surface area contributed by atoms with Crippen LogP contribution in [0, 0.1) is 5.92 Å². The van der Waals surface area contributed by atoms with Gasteiger partial charge in [0, 0.05) is 18.8 Å². The number of aromatic nitrogens is 1. The lowest BCUT2D eigenvalue weighted by Crippen LogP contribution is -2.50. The Kier molecular flexibility index (Phi) is 7.08. The third-order valence-corrected chi connectivity index (χ3v) is 6.22. The van der Waals surface area contributed by atoms with Gasteiger partial charge in [0.1, 0.15) is 11.3 Å². The summed E-state index contributed by atoms with van der Waals surface area (Å²) in [5.41, 5.74) is -0.542. The van der Waals surface area contributed by atoms with Crippen molar-refractivity contribution in [2.75, 3.05) is 0 Å². The summed E-state index contributed by atoms with van der Waals surface area (Å²) < 4.78 is 12.1. The Morgan fingerprint density at radius 2 is 1.90 bits per heavy atom. The van der Waals surface area contributed by atoms with Crippen molar-refractivity contribution in [3.63, 3.8) is 0 Å². The minimum absolute atomic E-state index is 0.116. The summed E-state index contributed by atoms with van der Waals surface area (Å²) >= 11 is 0. The predicted molar refractivity (Wildman–Crippen MR) is 116 cm³/mol. The smallest absolute Gasteiger partial charge is 0.412 e. The highest BCUT2D eigenvalue weighted by atomic mass is 16.6. The fourth-order valence-corrected chi connectivity index (χ4v) is 4.91. The number of pyridine rings is 1. The molecule has 168 valence electrons. The van der Waals surface area contributed by atoms with E-state index in [1.165, 1.54) is 32.1 Å². The molecule has 6 nitrogen and oxygen atoms in total. The standard InChI is InChI=1S/C24H38N2O4/c1-23(2,3)30-22(28)26-19(15-17-9-7-6-8-10-17)21(29-24(26,4)5)16-20(27)18-11-13-25-14-12-18/h11-14,17,19-21,27H,6-10,15-16H2,1-5H3/t19-,20?,21-/m0/s1. The van der Waals surface area contributed by atoms with Gasteiger partial charge in [0.15, 0.2) is 0 Å². The molecule has 0 bridgehead atoms. The molecule has 1 saturated carbocycles. The second-order valence-corrected chi connectivity index (χ2v) is 10.3. The molecule has 1 aliphatic carbocycles. The third-order valence-electron chi connectivity index (χ3n) is 6.22. The van der Waals surface area contributed by atoms with Crippen LogP contribution < -0.4 is 0 Å². The van der Waals surface area contributed by atoms with E-state index in [1.807, 2.05) is 46.8 Å². The lowest BCUT2D eigenvalue weighted by Gasteiger charge is -2.37. The minimum atomic E-state index is -0.787. The first-order valence-electron chi connectivity index (χ1n) is 11.3.